The number of amides is 3. The number of hydrogen-bond donors (Lipinski definition) is 3. The van der Waals surface area contributed by atoms with Gasteiger partial charge in [-0.25, -0.2) is 4.79 Å². The van der Waals surface area contributed by atoms with Crippen molar-refractivity contribution in [1.29, 1.82) is 0 Å². The van der Waals surface area contributed by atoms with Gasteiger partial charge in [-0.15, -0.1) is 11.3 Å². The third kappa shape index (κ3) is 5.45. The van der Waals surface area contributed by atoms with Crippen LogP contribution in [-0.4, -0.2) is 43.5 Å². The molecule has 1 fully saturated rings. The zero-order chi connectivity index (χ0) is 19.4. The van der Waals surface area contributed by atoms with Gasteiger partial charge in [0.2, 0.25) is 0 Å². The smallest absolute Gasteiger partial charge is 0.319 e. The van der Waals surface area contributed by atoms with Gasteiger partial charge >= 0.3 is 6.03 Å². The van der Waals surface area contributed by atoms with Gasteiger partial charge in [0.15, 0.2) is 0 Å². The number of carbonyl (C=O) groups is 2. The molecule has 1 unspecified atom stereocenters. The van der Waals surface area contributed by atoms with Crippen LogP contribution in [0.15, 0.2) is 35.7 Å². The first-order valence-corrected chi connectivity index (χ1v) is 10.0. The molecule has 8 heteroatoms. The van der Waals surface area contributed by atoms with Gasteiger partial charge in [-0.2, -0.15) is 0 Å². The number of thiophene rings is 1. The van der Waals surface area contributed by atoms with Crippen molar-refractivity contribution in [1.82, 2.24) is 15.5 Å². The Labute approximate surface area is 167 Å². The summed E-state index contributed by atoms with van der Waals surface area (Å²) in [5, 5.41) is 10.9. The Morgan fingerprint density at radius 2 is 2.07 bits per heavy atom. The molecule has 3 amide bonds. The first-order valence-electron chi connectivity index (χ1n) is 8.79. The van der Waals surface area contributed by atoms with Gasteiger partial charge in [-0.05, 0) is 56.6 Å². The Morgan fingerprint density at radius 1 is 1.30 bits per heavy atom. The van der Waals surface area contributed by atoms with E-state index in [2.05, 4.69) is 26.9 Å². The summed E-state index contributed by atoms with van der Waals surface area (Å²) in [6.45, 7) is 0.481. The summed E-state index contributed by atoms with van der Waals surface area (Å²) in [5.41, 5.74) is 0.956. The van der Waals surface area contributed by atoms with Crippen LogP contribution in [0.25, 0.3) is 0 Å². The molecule has 0 bridgehead atoms. The minimum Gasteiger partial charge on any atom is -0.349 e. The molecule has 6 nitrogen and oxygen atoms in total. The second-order valence-electron chi connectivity index (χ2n) is 6.77. The van der Waals surface area contributed by atoms with Crippen LogP contribution in [0.1, 0.15) is 34.1 Å². The number of likely N-dealkylation sites (N-methyl/N-ethyl adjacent to an activating group) is 1. The number of carbonyl (C=O) groups excluding carboxylic acids is 2. The highest BCUT2D eigenvalue weighted by molar-refractivity contribution is 7.10. The van der Waals surface area contributed by atoms with Crippen LogP contribution in [0, 0.1) is 0 Å². The molecule has 3 N–H and O–H groups in total. The lowest BCUT2D eigenvalue weighted by molar-refractivity contribution is 0.0951. The summed E-state index contributed by atoms with van der Waals surface area (Å²) in [7, 11) is 3.96. The van der Waals surface area contributed by atoms with Crippen LogP contribution < -0.4 is 16.0 Å². The normalized spacial score (nSPS) is 14.7. The Morgan fingerprint density at radius 3 is 2.67 bits per heavy atom. The predicted octanol–water partition coefficient (Wildman–Crippen LogP) is 3.72. The molecular formula is C19H23ClN4O2S. The lowest BCUT2D eigenvalue weighted by atomic mass is 10.2. The van der Waals surface area contributed by atoms with Gasteiger partial charge in [0.05, 0.1) is 16.6 Å². The van der Waals surface area contributed by atoms with E-state index in [1.807, 2.05) is 25.5 Å². The Hall–Kier alpha value is -2.09. The molecule has 1 heterocycles. The first-order chi connectivity index (χ1) is 12.9. The fourth-order valence-electron chi connectivity index (χ4n) is 2.65. The molecule has 1 saturated carbocycles. The topological polar surface area (TPSA) is 73.5 Å². The second-order valence-corrected chi connectivity index (χ2v) is 8.16. The van der Waals surface area contributed by atoms with Crippen molar-refractivity contribution in [2.75, 3.05) is 26.0 Å². The molecule has 1 aromatic heterocycles. The quantitative estimate of drug-likeness (QED) is 0.656. The summed E-state index contributed by atoms with van der Waals surface area (Å²) in [5.74, 6) is -0.178. The van der Waals surface area contributed by atoms with Gasteiger partial charge < -0.3 is 20.9 Å². The van der Waals surface area contributed by atoms with Gasteiger partial charge in [0.25, 0.3) is 5.91 Å². The molecule has 3 rings (SSSR count). The molecular weight excluding hydrogens is 384 g/mol. The number of nitrogens with zero attached hydrogens (tertiary/aromatic N) is 1. The van der Waals surface area contributed by atoms with Crippen LogP contribution in [0.5, 0.6) is 0 Å². The number of hydrogen-bond acceptors (Lipinski definition) is 4. The molecule has 1 atom stereocenters. The highest BCUT2D eigenvalue weighted by atomic mass is 35.5. The zero-order valence-corrected chi connectivity index (χ0v) is 16.9. The summed E-state index contributed by atoms with van der Waals surface area (Å²) in [4.78, 5) is 27.6. The Kier molecular flexibility index (Phi) is 6.36. The number of benzene rings is 1. The van der Waals surface area contributed by atoms with Gasteiger partial charge in [0.1, 0.15) is 0 Å². The molecule has 1 aliphatic carbocycles. The number of anilines is 1. The summed E-state index contributed by atoms with van der Waals surface area (Å²) >= 11 is 7.87. The number of nitrogens with one attached hydrogen (secondary N) is 3. The SMILES string of the molecule is CN(C)C(CNC(=O)Nc1ccc(C(=O)NC2CC2)c(Cl)c1)c1cccs1. The van der Waals surface area contributed by atoms with Gasteiger partial charge in [-0.3, -0.25) is 4.79 Å². The van der Waals surface area contributed by atoms with E-state index < -0.39 is 0 Å². The Balaban J connectivity index is 1.55. The monoisotopic (exact) mass is 406 g/mol. The van der Waals surface area contributed by atoms with E-state index in [9.17, 15) is 9.59 Å². The van der Waals surface area contributed by atoms with E-state index in [0.717, 1.165) is 12.8 Å². The standard InChI is InChI=1S/C19H23ClN4O2S/c1-24(2)16(17-4-3-9-27-17)11-21-19(26)23-13-7-8-14(15(20)10-13)18(25)22-12-5-6-12/h3-4,7-10,12,16H,5-6,11H2,1-2H3,(H,22,25)(H2,21,23,26). The number of urea groups is 1. The molecule has 2 aromatic rings. The van der Waals surface area contributed by atoms with Crippen LogP contribution >= 0.6 is 22.9 Å². The average molecular weight is 407 g/mol. The minimum atomic E-state index is -0.315. The lowest BCUT2D eigenvalue weighted by Gasteiger charge is -2.23. The van der Waals surface area contributed by atoms with Crippen LogP contribution in [0.2, 0.25) is 5.02 Å². The van der Waals surface area contributed by atoms with E-state index in [1.165, 1.54) is 4.88 Å². The predicted molar refractivity (Wildman–Crippen MR) is 110 cm³/mol. The van der Waals surface area contributed by atoms with Crippen molar-refractivity contribution in [3.8, 4) is 0 Å². The van der Waals surface area contributed by atoms with Crippen molar-refractivity contribution in [3.05, 3.63) is 51.2 Å². The minimum absolute atomic E-state index is 0.104. The second kappa shape index (κ2) is 8.73. The van der Waals surface area contributed by atoms with Crippen LogP contribution in [-0.2, 0) is 0 Å². The third-order valence-corrected chi connectivity index (χ3v) is 5.62. The number of rotatable bonds is 7. The zero-order valence-electron chi connectivity index (χ0n) is 15.3. The maximum Gasteiger partial charge on any atom is 0.319 e. The maximum absolute atomic E-state index is 12.2. The average Bonchev–Trinajstić information content (AvgIpc) is 3.25. The van der Waals surface area contributed by atoms with E-state index in [4.69, 9.17) is 11.6 Å². The number of halogens is 1. The van der Waals surface area contributed by atoms with E-state index in [0.29, 0.717) is 22.8 Å². The fraction of sp³-hybridized carbons (Fsp3) is 0.368. The van der Waals surface area contributed by atoms with Crippen LogP contribution in [0.4, 0.5) is 10.5 Å². The van der Waals surface area contributed by atoms with Crippen molar-refractivity contribution in [2.24, 2.45) is 0 Å². The summed E-state index contributed by atoms with van der Waals surface area (Å²) in [6.07, 6.45) is 2.03. The van der Waals surface area contributed by atoms with Crippen molar-refractivity contribution in [2.45, 2.75) is 24.9 Å². The van der Waals surface area contributed by atoms with E-state index in [1.54, 1.807) is 29.5 Å². The molecule has 1 aromatic carbocycles. The van der Waals surface area contributed by atoms with Crippen molar-refractivity contribution < 1.29 is 9.59 Å². The summed E-state index contributed by atoms with van der Waals surface area (Å²) in [6, 6.07) is 9.01. The molecule has 27 heavy (non-hydrogen) atoms. The molecule has 1 aliphatic rings. The van der Waals surface area contributed by atoms with Crippen molar-refractivity contribution in [3.63, 3.8) is 0 Å². The van der Waals surface area contributed by atoms with E-state index in [-0.39, 0.29) is 24.0 Å². The van der Waals surface area contributed by atoms with Crippen LogP contribution in [0.3, 0.4) is 0 Å². The molecule has 0 spiro atoms. The summed E-state index contributed by atoms with van der Waals surface area (Å²) < 4.78 is 0. The van der Waals surface area contributed by atoms with Crippen molar-refractivity contribution >= 4 is 40.6 Å². The maximum atomic E-state index is 12.2. The van der Waals surface area contributed by atoms with E-state index >= 15 is 0 Å². The largest absolute Gasteiger partial charge is 0.349 e. The lowest BCUT2D eigenvalue weighted by Crippen LogP contribution is -2.36. The molecule has 0 radical (unpaired) electrons. The highest BCUT2D eigenvalue weighted by Gasteiger charge is 2.24. The van der Waals surface area contributed by atoms with Gasteiger partial charge in [-0.1, -0.05) is 17.7 Å². The molecule has 0 saturated heterocycles. The Bertz CT molecular complexity index is 806. The highest BCUT2D eigenvalue weighted by Crippen LogP contribution is 2.24. The first kappa shape index (κ1) is 19.7. The van der Waals surface area contributed by atoms with Gasteiger partial charge in [0, 0.05) is 23.2 Å². The fourth-order valence-corrected chi connectivity index (χ4v) is 3.84. The molecule has 144 valence electrons. The molecule has 0 aliphatic heterocycles. The third-order valence-electron chi connectivity index (χ3n) is 4.34.